The molecule has 2 aromatic carbocycles. The Morgan fingerprint density at radius 1 is 1.12 bits per heavy atom. The molecule has 0 fully saturated rings. The van der Waals surface area contributed by atoms with E-state index < -0.39 is 22.1 Å². The quantitative estimate of drug-likeness (QED) is 0.258. The summed E-state index contributed by atoms with van der Waals surface area (Å²) >= 11 is 1.54. The molecule has 0 aliphatic heterocycles. The summed E-state index contributed by atoms with van der Waals surface area (Å²) in [6.45, 7) is 3.86. The number of nitrogens with zero attached hydrogens (tertiary/aromatic N) is 4. The monoisotopic (exact) mass is 582 g/mol. The Balaban J connectivity index is 0.000000810. The van der Waals surface area contributed by atoms with Crippen LogP contribution < -0.4 is 15.4 Å². The summed E-state index contributed by atoms with van der Waals surface area (Å²) in [5, 5.41) is 15.3. The first kappa shape index (κ1) is 30.1. The molecule has 2 amide bonds. The van der Waals surface area contributed by atoms with Crippen molar-refractivity contribution in [3.63, 3.8) is 0 Å². The van der Waals surface area contributed by atoms with E-state index in [2.05, 4.69) is 25.6 Å². The first-order chi connectivity index (χ1) is 19.0. The molecule has 2 aromatic heterocycles. The Hall–Kier alpha value is -4.45. The number of hydrogen-bond acceptors (Lipinski definition) is 10. The number of nitriles is 1. The standard InChI is InChI=1S/C25H22N6O3S.CH4O3S/c1-3-18(11-26)29-23(32)16-9-8-15(2)20(10-16)31-24(33)17-12-27-25(28-13-17)34-14-22-30-19-6-4-5-7-21(19)35-22;1-5(2,3)4/h4-10,12-13,18H,3,14H2,1-2H3,(H,29,32)(H,31,33);1H3,(H,2,3,4). The van der Waals surface area contributed by atoms with Crippen LogP contribution in [0.15, 0.2) is 54.9 Å². The van der Waals surface area contributed by atoms with Gasteiger partial charge in [-0.05, 0) is 43.2 Å². The molecule has 12 nitrogen and oxygen atoms in total. The Morgan fingerprint density at radius 3 is 2.42 bits per heavy atom. The molecule has 1 atom stereocenters. The smallest absolute Gasteiger partial charge is 0.316 e. The van der Waals surface area contributed by atoms with Crippen molar-refractivity contribution in [2.24, 2.45) is 0 Å². The van der Waals surface area contributed by atoms with Crippen molar-refractivity contribution in [1.82, 2.24) is 20.3 Å². The molecule has 14 heteroatoms. The lowest BCUT2D eigenvalue weighted by molar-refractivity contribution is 0.0943. The van der Waals surface area contributed by atoms with Gasteiger partial charge in [-0.25, -0.2) is 15.0 Å². The molecule has 0 saturated carbocycles. The molecule has 0 spiro atoms. The van der Waals surface area contributed by atoms with Crippen LogP contribution in [0.2, 0.25) is 0 Å². The van der Waals surface area contributed by atoms with Crippen LogP contribution in [0.3, 0.4) is 0 Å². The fourth-order valence-electron chi connectivity index (χ4n) is 3.18. The molecule has 4 aromatic rings. The van der Waals surface area contributed by atoms with Crippen molar-refractivity contribution in [1.29, 1.82) is 5.26 Å². The lowest BCUT2D eigenvalue weighted by Gasteiger charge is -2.12. The molecule has 0 aliphatic carbocycles. The number of amides is 2. The number of fused-ring (bicyclic) bond motifs is 1. The fourth-order valence-corrected chi connectivity index (χ4v) is 4.06. The van der Waals surface area contributed by atoms with E-state index in [0.717, 1.165) is 20.8 Å². The van der Waals surface area contributed by atoms with E-state index in [-0.39, 0.29) is 24.1 Å². The van der Waals surface area contributed by atoms with Crippen molar-refractivity contribution in [2.75, 3.05) is 11.6 Å². The number of hydrogen-bond donors (Lipinski definition) is 3. The second-order valence-electron chi connectivity index (χ2n) is 8.40. The summed E-state index contributed by atoms with van der Waals surface area (Å²) in [7, 11) is -3.67. The molecule has 2 heterocycles. The number of ether oxygens (including phenoxy) is 1. The average molecular weight is 583 g/mol. The Labute approximate surface area is 234 Å². The minimum absolute atomic E-state index is 0.138. The highest BCUT2D eigenvalue weighted by atomic mass is 32.2. The summed E-state index contributed by atoms with van der Waals surface area (Å²) in [6, 6.07) is 14.4. The van der Waals surface area contributed by atoms with Gasteiger partial charge < -0.3 is 15.4 Å². The van der Waals surface area contributed by atoms with Crippen LogP contribution in [0, 0.1) is 18.3 Å². The SMILES string of the molecule is CCC(C#N)NC(=O)c1ccc(C)c(NC(=O)c2cnc(OCc3nc4ccccc4s3)nc2)c1.CS(=O)(=O)O. The number of carbonyl (C=O) groups is 2. The van der Waals surface area contributed by atoms with E-state index >= 15 is 0 Å². The van der Waals surface area contributed by atoms with Crippen LogP contribution in [0.5, 0.6) is 6.01 Å². The maximum atomic E-state index is 12.7. The Kier molecular flexibility index (Phi) is 10.2. The fraction of sp³-hybridized carbons (Fsp3) is 0.231. The molecule has 0 bridgehead atoms. The maximum Gasteiger partial charge on any atom is 0.316 e. The van der Waals surface area contributed by atoms with Crippen LogP contribution >= 0.6 is 11.3 Å². The minimum Gasteiger partial charge on any atom is -0.456 e. The van der Waals surface area contributed by atoms with Gasteiger partial charge in [-0.2, -0.15) is 13.7 Å². The van der Waals surface area contributed by atoms with Gasteiger partial charge in [-0.3, -0.25) is 14.1 Å². The first-order valence-corrected chi connectivity index (χ1v) is 14.5. The highest BCUT2D eigenvalue weighted by Crippen LogP contribution is 2.22. The number of rotatable bonds is 8. The number of anilines is 1. The molecule has 208 valence electrons. The molecule has 3 N–H and O–H groups in total. The van der Waals surface area contributed by atoms with Gasteiger partial charge in [0, 0.05) is 23.6 Å². The van der Waals surface area contributed by atoms with Crippen LogP contribution in [0.1, 0.15) is 44.6 Å². The first-order valence-electron chi connectivity index (χ1n) is 11.8. The number of para-hydroxylation sites is 1. The second-order valence-corrected chi connectivity index (χ2v) is 11.0. The topological polar surface area (TPSA) is 184 Å². The van der Waals surface area contributed by atoms with E-state index in [4.69, 9.17) is 14.6 Å². The van der Waals surface area contributed by atoms with Gasteiger partial charge in [-0.15, -0.1) is 11.3 Å². The van der Waals surface area contributed by atoms with E-state index in [9.17, 15) is 18.0 Å². The zero-order chi connectivity index (χ0) is 29.3. The van der Waals surface area contributed by atoms with Crippen LogP contribution in [-0.2, 0) is 16.7 Å². The predicted octanol–water partition coefficient (Wildman–Crippen LogP) is 3.76. The van der Waals surface area contributed by atoms with Gasteiger partial charge in [-0.1, -0.05) is 25.1 Å². The van der Waals surface area contributed by atoms with Crippen LogP contribution in [-0.4, -0.2) is 52.0 Å². The molecule has 1 unspecified atom stereocenters. The van der Waals surface area contributed by atoms with Gasteiger partial charge in [0.05, 0.1) is 28.1 Å². The van der Waals surface area contributed by atoms with Crippen LogP contribution in [0.25, 0.3) is 10.2 Å². The maximum absolute atomic E-state index is 12.7. The minimum atomic E-state index is -3.67. The molecule has 40 heavy (non-hydrogen) atoms. The third-order valence-electron chi connectivity index (χ3n) is 5.17. The number of carbonyl (C=O) groups excluding carboxylic acids is 2. The lowest BCUT2D eigenvalue weighted by Crippen LogP contribution is -2.33. The van der Waals surface area contributed by atoms with Crippen molar-refractivity contribution in [3.8, 4) is 12.1 Å². The molecule has 0 saturated heterocycles. The number of thiazole rings is 1. The van der Waals surface area contributed by atoms with Crippen LogP contribution in [0.4, 0.5) is 5.69 Å². The molecular weight excluding hydrogens is 556 g/mol. The normalized spacial score (nSPS) is 11.5. The van der Waals surface area contributed by atoms with Gasteiger partial charge in [0.1, 0.15) is 17.7 Å². The molecule has 4 rings (SSSR count). The zero-order valence-electron chi connectivity index (χ0n) is 21.8. The van der Waals surface area contributed by atoms with Crippen molar-refractivity contribution < 1.29 is 27.3 Å². The van der Waals surface area contributed by atoms with E-state index in [1.807, 2.05) is 44.2 Å². The third kappa shape index (κ3) is 9.09. The van der Waals surface area contributed by atoms with Gasteiger partial charge in [0.2, 0.25) is 0 Å². The largest absolute Gasteiger partial charge is 0.456 e. The number of benzene rings is 2. The Bertz CT molecular complexity index is 1610. The number of nitrogens with one attached hydrogen (secondary N) is 2. The van der Waals surface area contributed by atoms with Gasteiger partial charge >= 0.3 is 6.01 Å². The summed E-state index contributed by atoms with van der Waals surface area (Å²) < 4.78 is 32.6. The number of aryl methyl sites for hydroxylation is 1. The summed E-state index contributed by atoms with van der Waals surface area (Å²) in [5.74, 6) is -0.807. The summed E-state index contributed by atoms with van der Waals surface area (Å²) in [5.41, 5.74) is 2.75. The van der Waals surface area contributed by atoms with Gasteiger partial charge in [0.15, 0.2) is 0 Å². The van der Waals surface area contributed by atoms with Gasteiger partial charge in [0.25, 0.3) is 21.9 Å². The van der Waals surface area contributed by atoms with Crippen molar-refractivity contribution in [3.05, 3.63) is 76.6 Å². The lowest BCUT2D eigenvalue weighted by atomic mass is 10.1. The van der Waals surface area contributed by atoms with Crippen molar-refractivity contribution in [2.45, 2.75) is 32.9 Å². The molecular formula is C26H26N6O6S2. The zero-order valence-corrected chi connectivity index (χ0v) is 23.4. The third-order valence-corrected chi connectivity index (χ3v) is 6.18. The van der Waals surface area contributed by atoms with E-state index in [1.165, 1.54) is 23.7 Å². The number of aromatic nitrogens is 3. The van der Waals surface area contributed by atoms with E-state index in [0.29, 0.717) is 23.9 Å². The highest BCUT2D eigenvalue weighted by molar-refractivity contribution is 7.85. The average Bonchev–Trinajstić information content (AvgIpc) is 3.34. The van der Waals surface area contributed by atoms with E-state index in [1.54, 1.807) is 18.2 Å². The Morgan fingerprint density at radius 2 is 1.80 bits per heavy atom. The summed E-state index contributed by atoms with van der Waals surface area (Å²) in [6.07, 6.45) is 3.96. The predicted molar refractivity (Wildman–Crippen MR) is 150 cm³/mol. The highest BCUT2D eigenvalue weighted by Gasteiger charge is 2.15. The van der Waals surface area contributed by atoms with Crippen molar-refractivity contribution >= 4 is 49.2 Å². The molecule has 0 aliphatic rings. The summed E-state index contributed by atoms with van der Waals surface area (Å²) in [4.78, 5) is 37.9. The second kappa shape index (κ2) is 13.6. The molecule has 0 radical (unpaired) electrons.